The fourth-order valence-corrected chi connectivity index (χ4v) is 3.53. The molecular weight excluding hydrogens is 274 g/mol. The van der Waals surface area contributed by atoms with Crippen molar-refractivity contribution in [3.63, 3.8) is 0 Å². The zero-order chi connectivity index (χ0) is 14.1. The van der Waals surface area contributed by atoms with E-state index in [4.69, 9.17) is 22.5 Å². The molecule has 0 amide bonds. The minimum atomic E-state index is -3.64. The van der Waals surface area contributed by atoms with E-state index < -0.39 is 10.0 Å². The summed E-state index contributed by atoms with van der Waals surface area (Å²) in [6, 6.07) is -0.318. The molecule has 2 N–H and O–H groups in total. The van der Waals surface area contributed by atoms with Crippen molar-refractivity contribution >= 4 is 27.2 Å². The zero-order valence-electron chi connectivity index (χ0n) is 10.8. The number of rotatable bonds is 5. The van der Waals surface area contributed by atoms with Gasteiger partial charge in [-0.15, -0.1) is 0 Å². The van der Waals surface area contributed by atoms with E-state index >= 15 is 0 Å². The van der Waals surface area contributed by atoms with E-state index in [1.54, 1.807) is 20.8 Å². The van der Waals surface area contributed by atoms with Gasteiger partial charge in [0.05, 0.1) is 4.99 Å². The van der Waals surface area contributed by atoms with Crippen LogP contribution in [0, 0.1) is 13.8 Å². The lowest BCUT2D eigenvalue weighted by molar-refractivity contribution is 0.384. The summed E-state index contributed by atoms with van der Waals surface area (Å²) in [5.74, 6) is 0.280. The van der Waals surface area contributed by atoms with Gasteiger partial charge >= 0.3 is 0 Å². The van der Waals surface area contributed by atoms with Crippen LogP contribution in [0.2, 0.25) is 0 Å². The maximum absolute atomic E-state index is 12.4. The fraction of sp³-hybridized carbons (Fsp3) is 0.600. The van der Waals surface area contributed by atoms with Crippen molar-refractivity contribution in [2.75, 3.05) is 7.05 Å². The van der Waals surface area contributed by atoms with Gasteiger partial charge in [0, 0.05) is 19.5 Å². The first-order valence-electron chi connectivity index (χ1n) is 5.37. The highest BCUT2D eigenvalue weighted by Gasteiger charge is 2.31. The van der Waals surface area contributed by atoms with Crippen LogP contribution in [0.15, 0.2) is 9.42 Å². The number of sulfonamides is 1. The van der Waals surface area contributed by atoms with Crippen molar-refractivity contribution < 1.29 is 12.9 Å². The van der Waals surface area contributed by atoms with Crippen molar-refractivity contribution in [3.05, 3.63) is 11.5 Å². The van der Waals surface area contributed by atoms with E-state index in [0.29, 0.717) is 12.1 Å². The molecular formula is C10H17N3O3S2. The Kier molecular flexibility index (Phi) is 4.46. The van der Waals surface area contributed by atoms with Crippen molar-refractivity contribution in [2.24, 2.45) is 5.73 Å². The summed E-state index contributed by atoms with van der Waals surface area (Å²) in [4.78, 5) is 0.392. The molecule has 0 aliphatic rings. The number of thiocarbonyl (C=S) groups is 1. The molecule has 0 aliphatic carbocycles. The third-order valence-electron chi connectivity index (χ3n) is 2.72. The maximum atomic E-state index is 12.4. The average molecular weight is 291 g/mol. The number of nitrogens with zero attached hydrogens (tertiary/aromatic N) is 2. The monoisotopic (exact) mass is 291 g/mol. The highest BCUT2D eigenvalue weighted by Crippen LogP contribution is 2.24. The van der Waals surface area contributed by atoms with E-state index in [1.165, 1.54) is 11.4 Å². The zero-order valence-corrected chi connectivity index (χ0v) is 12.4. The second kappa shape index (κ2) is 5.33. The molecule has 0 saturated heterocycles. The van der Waals surface area contributed by atoms with Gasteiger partial charge in [-0.05, 0) is 20.8 Å². The predicted octanol–water partition coefficient (Wildman–Crippen LogP) is 0.977. The first-order valence-corrected chi connectivity index (χ1v) is 7.22. The Hall–Kier alpha value is -0.990. The van der Waals surface area contributed by atoms with Crippen LogP contribution >= 0.6 is 12.2 Å². The molecule has 1 heterocycles. The topological polar surface area (TPSA) is 89.4 Å². The highest BCUT2D eigenvalue weighted by atomic mass is 32.2. The first kappa shape index (κ1) is 15.1. The summed E-state index contributed by atoms with van der Waals surface area (Å²) >= 11 is 4.79. The predicted molar refractivity (Wildman–Crippen MR) is 71.8 cm³/mol. The van der Waals surface area contributed by atoms with Gasteiger partial charge in [0.1, 0.15) is 10.6 Å². The normalized spacial score (nSPS) is 13.8. The Labute approximate surface area is 112 Å². The van der Waals surface area contributed by atoms with Gasteiger partial charge in [0.25, 0.3) is 0 Å². The average Bonchev–Trinajstić information content (AvgIpc) is 2.56. The van der Waals surface area contributed by atoms with Crippen LogP contribution < -0.4 is 5.73 Å². The summed E-state index contributed by atoms with van der Waals surface area (Å²) in [5.41, 5.74) is 5.78. The van der Waals surface area contributed by atoms with Gasteiger partial charge in [0.2, 0.25) is 10.0 Å². The van der Waals surface area contributed by atoms with E-state index in [0.717, 1.165) is 0 Å². The van der Waals surface area contributed by atoms with Gasteiger partial charge in [-0.1, -0.05) is 17.4 Å². The molecule has 0 fully saturated rings. The van der Waals surface area contributed by atoms with Gasteiger partial charge in [-0.2, -0.15) is 4.31 Å². The van der Waals surface area contributed by atoms with Crippen LogP contribution in [-0.4, -0.2) is 36.0 Å². The molecule has 0 saturated carbocycles. The van der Waals surface area contributed by atoms with Crippen molar-refractivity contribution in [2.45, 2.75) is 38.1 Å². The number of hydrogen-bond donors (Lipinski definition) is 1. The van der Waals surface area contributed by atoms with E-state index in [-0.39, 0.29) is 21.7 Å². The number of aryl methyl sites for hydroxylation is 2. The Morgan fingerprint density at radius 3 is 2.50 bits per heavy atom. The Bertz CT molecular complexity index is 531. The number of aromatic nitrogens is 1. The summed E-state index contributed by atoms with van der Waals surface area (Å²) in [5, 5.41) is 3.65. The molecule has 1 aromatic rings. The fourth-order valence-electron chi connectivity index (χ4n) is 1.64. The lowest BCUT2D eigenvalue weighted by atomic mass is 10.2. The van der Waals surface area contributed by atoms with Crippen LogP contribution in [0.25, 0.3) is 0 Å². The van der Waals surface area contributed by atoms with Crippen molar-refractivity contribution in [1.82, 2.24) is 9.46 Å². The van der Waals surface area contributed by atoms with Crippen LogP contribution in [0.1, 0.15) is 24.8 Å². The minimum Gasteiger partial charge on any atom is -0.393 e. The largest absolute Gasteiger partial charge is 0.393 e. The molecule has 1 rings (SSSR count). The summed E-state index contributed by atoms with van der Waals surface area (Å²) in [6.07, 6.45) is 0.328. The molecule has 1 aromatic heterocycles. The van der Waals surface area contributed by atoms with Gasteiger partial charge in [-0.25, -0.2) is 8.42 Å². The Balaban J connectivity index is 3.11. The molecule has 0 spiro atoms. The summed E-state index contributed by atoms with van der Waals surface area (Å²) in [7, 11) is -2.15. The second-order valence-electron chi connectivity index (χ2n) is 4.19. The van der Waals surface area contributed by atoms with Crippen LogP contribution in [0.3, 0.4) is 0 Å². The molecule has 18 heavy (non-hydrogen) atoms. The third kappa shape index (κ3) is 2.88. The van der Waals surface area contributed by atoms with Gasteiger partial charge < -0.3 is 10.3 Å². The molecule has 6 nitrogen and oxygen atoms in total. The molecule has 8 heteroatoms. The van der Waals surface area contributed by atoms with Gasteiger partial charge in [0.15, 0.2) is 5.76 Å². The van der Waals surface area contributed by atoms with Crippen LogP contribution in [0.4, 0.5) is 0 Å². The molecule has 0 bridgehead atoms. The Morgan fingerprint density at radius 1 is 1.56 bits per heavy atom. The van der Waals surface area contributed by atoms with Gasteiger partial charge in [-0.3, -0.25) is 0 Å². The van der Waals surface area contributed by atoms with Crippen molar-refractivity contribution in [3.8, 4) is 0 Å². The van der Waals surface area contributed by atoms with Crippen LogP contribution in [-0.2, 0) is 10.0 Å². The Morgan fingerprint density at radius 2 is 2.11 bits per heavy atom. The van der Waals surface area contributed by atoms with E-state index in [1.807, 2.05) is 0 Å². The van der Waals surface area contributed by atoms with E-state index in [2.05, 4.69) is 5.16 Å². The smallest absolute Gasteiger partial charge is 0.248 e. The molecule has 102 valence electrons. The molecule has 1 atom stereocenters. The highest BCUT2D eigenvalue weighted by molar-refractivity contribution is 7.89. The summed E-state index contributed by atoms with van der Waals surface area (Å²) < 4.78 is 30.9. The lowest BCUT2D eigenvalue weighted by Gasteiger charge is -2.23. The number of hydrogen-bond acceptors (Lipinski definition) is 5. The quantitative estimate of drug-likeness (QED) is 0.813. The molecule has 0 aromatic carbocycles. The third-order valence-corrected chi connectivity index (χ3v) is 5.11. The summed E-state index contributed by atoms with van der Waals surface area (Å²) in [6.45, 7) is 4.91. The van der Waals surface area contributed by atoms with E-state index in [9.17, 15) is 8.42 Å². The molecule has 0 aliphatic heterocycles. The van der Waals surface area contributed by atoms with Crippen molar-refractivity contribution in [1.29, 1.82) is 0 Å². The SMILES string of the molecule is Cc1noc(C)c1S(=O)(=O)N(C)C(C)CC(N)=S. The maximum Gasteiger partial charge on any atom is 0.248 e. The number of nitrogens with two attached hydrogens (primary N) is 1. The molecule has 1 unspecified atom stereocenters. The standard InChI is InChI=1S/C10H17N3O3S2/c1-6(5-9(11)17)13(4)18(14,15)10-7(2)12-16-8(10)3/h6H,5H2,1-4H3,(H2,11,17). The second-order valence-corrected chi connectivity index (χ2v) is 6.65. The lowest BCUT2D eigenvalue weighted by Crippen LogP contribution is -2.37. The minimum absolute atomic E-state index is 0.111. The van der Waals surface area contributed by atoms with Crippen LogP contribution in [0.5, 0.6) is 0 Å². The molecule has 0 radical (unpaired) electrons. The first-order chi connectivity index (χ1) is 8.17.